The maximum absolute atomic E-state index is 9.10. The van der Waals surface area contributed by atoms with Crippen molar-refractivity contribution >= 4 is 11.9 Å². The second-order valence-electron chi connectivity index (χ2n) is 3.02. The van der Waals surface area contributed by atoms with Crippen LogP contribution in [0.25, 0.3) is 0 Å². The maximum Gasteiger partial charge on any atom is 0.414 e. The van der Waals surface area contributed by atoms with Crippen LogP contribution in [0.4, 0.5) is 0 Å². The van der Waals surface area contributed by atoms with E-state index >= 15 is 0 Å². The maximum atomic E-state index is 9.10. The van der Waals surface area contributed by atoms with Gasteiger partial charge in [-0.2, -0.15) is 0 Å². The molecule has 0 aromatic carbocycles. The first kappa shape index (κ1) is 12.5. The van der Waals surface area contributed by atoms with Crippen LogP contribution in [0.5, 0.6) is 0 Å². The molecule has 0 aliphatic carbocycles. The number of allylic oxidation sites excluding steroid dienone is 2. The minimum atomic E-state index is -1.82. The Balaban J connectivity index is 0.000000255. The van der Waals surface area contributed by atoms with Crippen molar-refractivity contribution in [2.24, 2.45) is 0 Å². The second kappa shape index (κ2) is 6.01. The highest BCUT2D eigenvalue weighted by Gasteiger charge is 2.04. The first-order valence-corrected chi connectivity index (χ1v) is 4.29. The molecule has 0 saturated heterocycles. The van der Waals surface area contributed by atoms with Gasteiger partial charge in [-0.3, -0.25) is 0 Å². The fraction of sp³-hybridized carbons (Fsp3) is 0.556. The Bertz CT molecular complexity index is 235. The average molecular weight is 201 g/mol. The standard InChI is InChI=1S/C7H13N.C2H2O4/c1-7-5-3-4-6-8(7)2;3-1(4)2(5)6/h5H,3-4,6H2,1-2H3;(H,3,4)(H,5,6). The highest BCUT2D eigenvalue weighted by molar-refractivity contribution is 6.27. The lowest BCUT2D eigenvalue weighted by Crippen LogP contribution is -2.20. The summed E-state index contributed by atoms with van der Waals surface area (Å²) >= 11 is 0. The van der Waals surface area contributed by atoms with Gasteiger partial charge in [0.05, 0.1) is 0 Å². The molecule has 5 heteroatoms. The van der Waals surface area contributed by atoms with E-state index in [1.807, 2.05) is 0 Å². The highest BCUT2D eigenvalue weighted by atomic mass is 16.4. The lowest BCUT2D eigenvalue weighted by molar-refractivity contribution is -0.159. The van der Waals surface area contributed by atoms with E-state index in [0.717, 1.165) is 0 Å². The van der Waals surface area contributed by atoms with Gasteiger partial charge >= 0.3 is 11.9 Å². The van der Waals surface area contributed by atoms with Crippen LogP contribution in [-0.4, -0.2) is 40.6 Å². The highest BCUT2D eigenvalue weighted by Crippen LogP contribution is 2.10. The molecule has 0 radical (unpaired) electrons. The summed E-state index contributed by atoms with van der Waals surface area (Å²) in [6, 6.07) is 0. The lowest BCUT2D eigenvalue weighted by Gasteiger charge is -2.23. The summed E-state index contributed by atoms with van der Waals surface area (Å²) in [5.41, 5.74) is 1.43. The van der Waals surface area contributed by atoms with Crippen molar-refractivity contribution in [3.8, 4) is 0 Å². The Morgan fingerprint density at radius 2 is 1.86 bits per heavy atom. The minimum absolute atomic E-state index is 1.24. The molecule has 2 N–H and O–H groups in total. The van der Waals surface area contributed by atoms with Gasteiger partial charge in [-0.15, -0.1) is 0 Å². The van der Waals surface area contributed by atoms with Crippen molar-refractivity contribution in [1.82, 2.24) is 4.90 Å². The van der Waals surface area contributed by atoms with Crippen LogP contribution >= 0.6 is 0 Å². The smallest absolute Gasteiger partial charge is 0.414 e. The Morgan fingerprint density at radius 1 is 1.36 bits per heavy atom. The Kier molecular flexibility index (Phi) is 5.36. The molecule has 14 heavy (non-hydrogen) atoms. The van der Waals surface area contributed by atoms with E-state index in [1.54, 1.807) is 0 Å². The molecular formula is C9H15NO4. The summed E-state index contributed by atoms with van der Waals surface area (Å²) in [6.07, 6.45) is 4.90. The van der Waals surface area contributed by atoms with Crippen molar-refractivity contribution < 1.29 is 19.8 Å². The molecule has 0 aromatic rings. The molecular weight excluding hydrogens is 186 g/mol. The zero-order valence-electron chi connectivity index (χ0n) is 8.36. The van der Waals surface area contributed by atoms with Gasteiger partial charge in [-0.25, -0.2) is 9.59 Å². The summed E-state index contributed by atoms with van der Waals surface area (Å²) in [4.78, 5) is 20.5. The third kappa shape index (κ3) is 5.18. The number of carbonyl (C=O) groups is 2. The molecule has 1 aliphatic rings. The molecule has 0 saturated carbocycles. The van der Waals surface area contributed by atoms with Crippen molar-refractivity contribution in [1.29, 1.82) is 0 Å². The van der Waals surface area contributed by atoms with Crippen LogP contribution in [0, 0.1) is 0 Å². The molecule has 0 atom stereocenters. The first-order chi connectivity index (χ1) is 6.45. The van der Waals surface area contributed by atoms with Gasteiger partial charge < -0.3 is 15.1 Å². The van der Waals surface area contributed by atoms with Crippen molar-refractivity contribution in [3.63, 3.8) is 0 Å². The van der Waals surface area contributed by atoms with Crippen molar-refractivity contribution in [2.45, 2.75) is 19.8 Å². The zero-order valence-corrected chi connectivity index (χ0v) is 8.36. The summed E-state index contributed by atoms with van der Waals surface area (Å²) < 4.78 is 0. The molecule has 80 valence electrons. The van der Waals surface area contributed by atoms with E-state index in [9.17, 15) is 0 Å². The second-order valence-corrected chi connectivity index (χ2v) is 3.02. The number of hydrogen-bond donors (Lipinski definition) is 2. The summed E-state index contributed by atoms with van der Waals surface area (Å²) in [7, 11) is 2.14. The Labute approximate surface area is 82.6 Å². The van der Waals surface area contributed by atoms with Crippen LogP contribution in [0.15, 0.2) is 11.8 Å². The van der Waals surface area contributed by atoms with Crippen molar-refractivity contribution in [2.75, 3.05) is 13.6 Å². The van der Waals surface area contributed by atoms with Crippen molar-refractivity contribution in [3.05, 3.63) is 11.8 Å². The number of carboxylic acid groups (broad SMARTS) is 2. The van der Waals surface area contributed by atoms with E-state index in [4.69, 9.17) is 19.8 Å². The Hall–Kier alpha value is -1.52. The molecule has 1 heterocycles. The molecule has 0 amide bonds. The van der Waals surface area contributed by atoms with Crippen LogP contribution in [0.3, 0.4) is 0 Å². The predicted octanol–water partition coefficient (Wildman–Crippen LogP) is 0.771. The molecule has 5 nitrogen and oxygen atoms in total. The van der Waals surface area contributed by atoms with Crippen LogP contribution < -0.4 is 0 Å². The normalized spacial score (nSPS) is 15.0. The molecule has 0 spiro atoms. The molecule has 1 rings (SSSR count). The number of aliphatic carboxylic acids is 2. The summed E-state index contributed by atoms with van der Waals surface area (Å²) in [5, 5.41) is 14.8. The monoisotopic (exact) mass is 201 g/mol. The van der Waals surface area contributed by atoms with Gasteiger partial charge in [0.2, 0.25) is 0 Å². The lowest BCUT2D eigenvalue weighted by atomic mass is 10.2. The number of rotatable bonds is 0. The minimum Gasteiger partial charge on any atom is -0.473 e. The Morgan fingerprint density at radius 3 is 2.07 bits per heavy atom. The van der Waals surface area contributed by atoms with E-state index in [1.165, 1.54) is 25.1 Å². The quantitative estimate of drug-likeness (QED) is 0.566. The van der Waals surface area contributed by atoms with Crippen LogP contribution in [0.1, 0.15) is 19.8 Å². The average Bonchev–Trinajstić information content (AvgIpc) is 2.11. The van der Waals surface area contributed by atoms with Gasteiger partial charge in [0, 0.05) is 19.3 Å². The molecule has 0 aromatic heterocycles. The molecule has 0 fully saturated rings. The van der Waals surface area contributed by atoms with E-state index in [0.29, 0.717) is 0 Å². The fourth-order valence-electron chi connectivity index (χ4n) is 0.972. The van der Waals surface area contributed by atoms with E-state index < -0.39 is 11.9 Å². The number of hydrogen-bond acceptors (Lipinski definition) is 3. The largest absolute Gasteiger partial charge is 0.473 e. The first-order valence-electron chi connectivity index (χ1n) is 4.29. The van der Waals surface area contributed by atoms with Crippen LogP contribution in [-0.2, 0) is 9.59 Å². The summed E-state index contributed by atoms with van der Waals surface area (Å²) in [6.45, 7) is 3.40. The molecule has 0 unspecified atom stereocenters. The van der Waals surface area contributed by atoms with Gasteiger partial charge in [0.15, 0.2) is 0 Å². The van der Waals surface area contributed by atoms with Gasteiger partial charge in [-0.1, -0.05) is 6.08 Å². The zero-order chi connectivity index (χ0) is 11.1. The SMILES string of the molecule is CC1=CCCCN1C.O=C(O)C(=O)O. The van der Waals surface area contributed by atoms with E-state index in [2.05, 4.69) is 24.9 Å². The van der Waals surface area contributed by atoms with Gasteiger partial charge in [-0.05, 0) is 19.8 Å². The summed E-state index contributed by atoms with van der Waals surface area (Å²) in [5.74, 6) is -3.65. The molecule has 0 bridgehead atoms. The topological polar surface area (TPSA) is 77.8 Å². The third-order valence-electron chi connectivity index (χ3n) is 1.92. The van der Waals surface area contributed by atoms with Gasteiger partial charge in [0.1, 0.15) is 0 Å². The van der Waals surface area contributed by atoms with Crippen LogP contribution in [0.2, 0.25) is 0 Å². The number of nitrogens with zero attached hydrogens (tertiary/aromatic N) is 1. The van der Waals surface area contributed by atoms with Gasteiger partial charge in [0.25, 0.3) is 0 Å². The molecule has 1 aliphatic heterocycles. The number of carboxylic acids is 2. The fourth-order valence-corrected chi connectivity index (χ4v) is 0.972. The van der Waals surface area contributed by atoms with E-state index in [-0.39, 0.29) is 0 Å². The third-order valence-corrected chi connectivity index (χ3v) is 1.92. The predicted molar refractivity (Wildman–Crippen MR) is 50.9 cm³/mol.